The molecule has 2 rings (SSSR count). The predicted octanol–water partition coefficient (Wildman–Crippen LogP) is 2.68. The number of thiophene rings is 1. The topological polar surface area (TPSA) is 29.3 Å². The van der Waals surface area contributed by atoms with Crippen LogP contribution in [0.2, 0.25) is 0 Å². The zero-order valence-corrected chi connectivity index (χ0v) is 12.1. The zero-order valence-electron chi connectivity index (χ0n) is 11.3. The van der Waals surface area contributed by atoms with Crippen LogP contribution in [0.5, 0.6) is 0 Å². The highest BCUT2D eigenvalue weighted by Gasteiger charge is 2.24. The lowest BCUT2D eigenvalue weighted by Crippen LogP contribution is -2.41. The average molecular weight is 262 g/mol. The van der Waals surface area contributed by atoms with Crippen LogP contribution in [0.1, 0.15) is 36.4 Å². The van der Waals surface area contributed by atoms with Gasteiger partial charge in [0.2, 0.25) is 0 Å². The molecular formula is C15H22N2S. The van der Waals surface area contributed by atoms with Crippen molar-refractivity contribution >= 4 is 11.3 Å². The second-order valence-corrected chi connectivity index (χ2v) is 6.27. The molecule has 1 aliphatic heterocycles. The standard InChI is InChI=1S/C15H22N2S/c1-12-5-4-10-17(13(12)2)11-15-8-7-14(18-15)6-3-9-16/h7-8,12-13H,4-5,9-11,16H2,1-2H3. The van der Waals surface area contributed by atoms with Gasteiger partial charge in [0.25, 0.3) is 0 Å². The van der Waals surface area contributed by atoms with Gasteiger partial charge in [0.05, 0.1) is 11.4 Å². The Balaban J connectivity index is 1.98. The van der Waals surface area contributed by atoms with Gasteiger partial charge >= 0.3 is 0 Å². The van der Waals surface area contributed by atoms with E-state index in [1.54, 1.807) is 11.3 Å². The monoisotopic (exact) mass is 262 g/mol. The lowest BCUT2D eigenvalue weighted by atomic mass is 9.92. The molecule has 0 radical (unpaired) electrons. The molecule has 0 amide bonds. The Bertz CT molecular complexity index is 441. The van der Waals surface area contributed by atoms with Crippen molar-refractivity contribution in [1.82, 2.24) is 4.90 Å². The number of rotatable bonds is 2. The van der Waals surface area contributed by atoms with Gasteiger partial charge in [0.15, 0.2) is 0 Å². The first kappa shape index (κ1) is 13.6. The highest BCUT2D eigenvalue weighted by molar-refractivity contribution is 7.12. The molecule has 0 spiro atoms. The lowest BCUT2D eigenvalue weighted by Gasteiger charge is -2.37. The predicted molar refractivity (Wildman–Crippen MR) is 78.5 cm³/mol. The van der Waals surface area contributed by atoms with E-state index >= 15 is 0 Å². The summed E-state index contributed by atoms with van der Waals surface area (Å²) in [6, 6.07) is 5.01. The Morgan fingerprint density at radius 3 is 3.06 bits per heavy atom. The van der Waals surface area contributed by atoms with E-state index in [9.17, 15) is 0 Å². The van der Waals surface area contributed by atoms with E-state index in [1.807, 2.05) is 0 Å². The summed E-state index contributed by atoms with van der Waals surface area (Å²) in [6.45, 7) is 7.46. The van der Waals surface area contributed by atoms with Gasteiger partial charge in [0.1, 0.15) is 0 Å². The highest BCUT2D eigenvalue weighted by atomic mass is 32.1. The van der Waals surface area contributed by atoms with Gasteiger partial charge in [0, 0.05) is 17.5 Å². The number of likely N-dealkylation sites (tertiary alicyclic amines) is 1. The maximum atomic E-state index is 5.39. The summed E-state index contributed by atoms with van der Waals surface area (Å²) in [7, 11) is 0. The second-order valence-electron chi connectivity index (χ2n) is 5.10. The van der Waals surface area contributed by atoms with Gasteiger partial charge in [-0.25, -0.2) is 0 Å². The van der Waals surface area contributed by atoms with Gasteiger partial charge in [-0.15, -0.1) is 11.3 Å². The Hall–Kier alpha value is -0.820. The van der Waals surface area contributed by atoms with Crippen LogP contribution >= 0.6 is 11.3 Å². The summed E-state index contributed by atoms with van der Waals surface area (Å²) < 4.78 is 0. The van der Waals surface area contributed by atoms with E-state index in [1.165, 1.54) is 24.3 Å². The average Bonchev–Trinajstić information content (AvgIpc) is 2.80. The first-order valence-corrected chi connectivity index (χ1v) is 7.54. The van der Waals surface area contributed by atoms with Gasteiger partial charge in [-0.1, -0.05) is 18.8 Å². The molecule has 3 heteroatoms. The number of hydrogen-bond acceptors (Lipinski definition) is 3. The molecule has 0 aromatic carbocycles. The smallest absolute Gasteiger partial charge is 0.0772 e. The van der Waals surface area contributed by atoms with Crippen molar-refractivity contribution in [1.29, 1.82) is 0 Å². The summed E-state index contributed by atoms with van der Waals surface area (Å²) in [6.07, 6.45) is 2.70. The lowest BCUT2D eigenvalue weighted by molar-refractivity contribution is 0.107. The fraction of sp³-hybridized carbons (Fsp3) is 0.600. The summed E-state index contributed by atoms with van der Waals surface area (Å²) in [5.74, 6) is 6.83. The van der Waals surface area contributed by atoms with Gasteiger partial charge in [-0.05, 0) is 44.4 Å². The van der Waals surface area contributed by atoms with Crippen LogP contribution in [-0.2, 0) is 6.54 Å². The molecule has 98 valence electrons. The van der Waals surface area contributed by atoms with Crippen molar-refractivity contribution in [2.75, 3.05) is 13.1 Å². The molecule has 1 saturated heterocycles. The minimum Gasteiger partial charge on any atom is -0.320 e. The molecular weight excluding hydrogens is 240 g/mol. The summed E-state index contributed by atoms with van der Waals surface area (Å²) in [5, 5.41) is 0. The maximum absolute atomic E-state index is 5.39. The number of nitrogens with zero attached hydrogens (tertiary/aromatic N) is 1. The van der Waals surface area contributed by atoms with Crippen LogP contribution in [-0.4, -0.2) is 24.0 Å². The highest BCUT2D eigenvalue weighted by Crippen LogP contribution is 2.26. The van der Waals surface area contributed by atoms with Gasteiger partial charge in [-0.3, -0.25) is 4.90 Å². The van der Waals surface area contributed by atoms with Crippen LogP contribution in [0.25, 0.3) is 0 Å². The molecule has 2 atom stereocenters. The SMILES string of the molecule is CC1CCCN(Cc2ccc(C#CCN)s2)C1C. The van der Waals surface area contributed by atoms with Crippen LogP contribution in [0.15, 0.2) is 12.1 Å². The van der Waals surface area contributed by atoms with E-state index in [2.05, 4.69) is 42.7 Å². The molecule has 2 N–H and O–H groups in total. The Kier molecular flexibility index (Phi) is 4.82. The Labute approximate surface area is 114 Å². The van der Waals surface area contributed by atoms with Crippen molar-refractivity contribution in [2.45, 2.75) is 39.3 Å². The van der Waals surface area contributed by atoms with E-state index in [0.29, 0.717) is 12.6 Å². The minimum atomic E-state index is 0.438. The van der Waals surface area contributed by atoms with Crippen LogP contribution in [0.3, 0.4) is 0 Å². The molecule has 0 saturated carbocycles. The minimum absolute atomic E-state index is 0.438. The number of hydrogen-bond donors (Lipinski definition) is 1. The van der Waals surface area contributed by atoms with E-state index in [4.69, 9.17) is 5.73 Å². The quantitative estimate of drug-likeness (QED) is 0.830. The normalized spacial score (nSPS) is 24.6. The largest absolute Gasteiger partial charge is 0.320 e. The third kappa shape index (κ3) is 3.35. The van der Waals surface area contributed by atoms with Crippen molar-refractivity contribution in [3.8, 4) is 11.8 Å². The third-order valence-corrected chi connectivity index (χ3v) is 4.82. The van der Waals surface area contributed by atoms with E-state index in [0.717, 1.165) is 17.3 Å². The molecule has 2 nitrogen and oxygen atoms in total. The molecule has 0 bridgehead atoms. The van der Waals surface area contributed by atoms with Crippen molar-refractivity contribution < 1.29 is 0 Å². The van der Waals surface area contributed by atoms with E-state index < -0.39 is 0 Å². The molecule has 18 heavy (non-hydrogen) atoms. The molecule has 2 heterocycles. The molecule has 2 unspecified atom stereocenters. The van der Waals surface area contributed by atoms with Crippen molar-refractivity contribution in [3.63, 3.8) is 0 Å². The van der Waals surface area contributed by atoms with Crippen molar-refractivity contribution in [2.24, 2.45) is 11.7 Å². The molecule has 0 aliphatic carbocycles. The fourth-order valence-electron chi connectivity index (χ4n) is 2.51. The zero-order chi connectivity index (χ0) is 13.0. The number of piperidine rings is 1. The van der Waals surface area contributed by atoms with Crippen LogP contribution in [0, 0.1) is 17.8 Å². The summed E-state index contributed by atoms with van der Waals surface area (Å²) >= 11 is 1.80. The molecule has 1 fully saturated rings. The Morgan fingerprint density at radius 1 is 1.44 bits per heavy atom. The Morgan fingerprint density at radius 2 is 2.28 bits per heavy atom. The van der Waals surface area contributed by atoms with Crippen LogP contribution < -0.4 is 5.73 Å². The first-order valence-electron chi connectivity index (χ1n) is 6.72. The molecule has 1 aliphatic rings. The summed E-state index contributed by atoms with van der Waals surface area (Å²) in [4.78, 5) is 5.14. The third-order valence-electron chi connectivity index (χ3n) is 3.84. The fourth-order valence-corrected chi connectivity index (χ4v) is 3.42. The van der Waals surface area contributed by atoms with E-state index in [-0.39, 0.29) is 0 Å². The molecule has 1 aromatic rings. The summed E-state index contributed by atoms with van der Waals surface area (Å²) in [5.41, 5.74) is 5.39. The molecule has 1 aromatic heterocycles. The second kappa shape index (κ2) is 6.38. The van der Waals surface area contributed by atoms with Crippen molar-refractivity contribution in [3.05, 3.63) is 21.9 Å². The first-order chi connectivity index (χ1) is 8.70. The van der Waals surface area contributed by atoms with Gasteiger partial charge < -0.3 is 5.73 Å². The van der Waals surface area contributed by atoms with Gasteiger partial charge in [-0.2, -0.15) is 0 Å². The van der Waals surface area contributed by atoms with Crippen LogP contribution in [0.4, 0.5) is 0 Å². The number of nitrogens with two attached hydrogens (primary N) is 1. The maximum Gasteiger partial charge on any atom is 0.0772 e.